The van der Waals surface area contributed by atoms with Crippen LogP contribution in [0.1, 0.15) is 35.0 Å². The van der Waals surface area contributed by atoms with Gasteiger partial charge in [-0.05, 0) is 26.3 Å². The number of thiazole rings is 1. The smallest absolute Gasteiger partial charge is 0.0975 e. The Hall–Kier alpha value is -1.19. The van der Waals surface area contributed by atoms with Gasteiger partial charge < -0.3 is 5.73 Å². The molecule has 2 rings (SSSR count). The van der Waals surface area contributed by atoms with Crippen LogP contribution in [-0.4, -0.2) is 4.98 Å². The molecule has 2 N–H and O–H groups in total. The van der Waals surface area contributed by atoms with Crippen LogP contribution in [0.5, 0.6) is 0 Å². The Bertz CT molecular complexity index is 495. The van der Waals surface area contributed by atoms with Gasteiger partial charge in [-0.3, -0.25) is 0 Å². The summed E-state index contributed by atoms with van der Waals surface area (Å²) in [6.45, 7) is 6.09. The van der Waals surface area contributed by atoms with Crippen molar-refractivity contribution in [1.29, 1.82) is 0 Å². The Labute approximate surface area is 107 Å². The fraction of sp³-hybridized carbons (Fsp3) is 0.357. The van der Waals surface area contributed by atoms with E-state index in [9.17, 15) is 0 Å². The van der Waals surface area contributed by atoms with E-state index in [4.69, 9.17) is 5.73 Å². The van der Waals surface area contributed by atoms with E-state index in [0.717, 1.165) is 17.1 Å². The number of hydrogen-bond acceptors (Lipinski definition) is 3. The highest BCUT2D eigenvalue weighted by Crippen LogP contribution is 2.28. The lowest BCUT2D eigenvalue weighted by molar-refractivity contribution is 0.562. The van der Waals surface area contributed by atoms with E-state index in [1.807, 2.05) is 26.8 Å². The molecule has 0 amide bonds. The average molecular weight is 246 g/mol. The third-order valence-corrected chi connectivity index (χ3v) is 4.12. The SMILES string of the molecule is Cc1nc(Cc2ccccc2)sc1C(C)(C)N. The third kappa shape index (κ3) is 2.93. The predicted molar refractivity (Wildman–Crippen MR) is 73.3 cm³/mol. The maximum absolute atomic E-state index is 6.13. The molecule has 0 fully saturated rings. The van der Waals surface area contributed by atoms with Crippen LogP contribution in [0.25, 0.3) is 0 Å². The summed E-state index contributed by atoms with van der Waals surface area (Å²) in [7, 11) is 0. The zero-order chi connectivity index (χ0) is 12.5. The normalized spacial score (nSPS) is 11.8. The second kappa shape index (κ2) is 4.59. The molecule has 1 heterocycles. The monoisotopic (exact) mass is 246 g/mol. The Balaban J connectivity index is 2.24. The number of rotatable bonds is 3. The quantitative estimate of drug-likeness (QED) is 0.903. The molecule has 1 aromatic carbocycles. The summed E-state index contributed by atoms with van der Waals surface area (Å²) in [5.41, 5.74) is 8.20. The first-order chi connectivity index (χ1) is 7.97. The second-order valence-electron chi connectivity index (χ2n) is 4.91. The van der Waals surface area contributed by atoms with Gasteiger partial charge in [0, 0.05) is 16.8 Å². The Morgan fingerprint density at radius 3 is 2.41 bits per heavy atom. The number of nitrogens with zero attached hydrogens (tertiary/aromatic N) is 1. The van der Waals surface area contributed by atoms with Crippen molar-refractivity contribution < 1.29 is 0 Å². The van der Waals surface area contributed by atoms with Crippen molar-refractivity contribution in [1.82, 2.24) is 4.98 Å². The van der Waals surface area contributed by atoms with Gasteiger partial charge >= 0.3 is 0 Å². The first-order valence-corrected chi connectivity index (χ1v) is 6.58. The van der Waals surface area contributed by atoms with Crippen LogP contribution in [0, 0.1) is 6.92 Å². The zero-order valence-corrected chi connectivity index (χ0v) is 11.3. The van der Waals surface area contributed by atoms with Crippen LogP contribution in [-0.2, 0) is 12.0 Å². The Morgan fingerprint density at radius 1 is 1.24 bits per heavy atom. The lowest BCUT2D eigenvalue weighted by Crippen LogP contribution is -2.28. The summed E-state index contributed by atoms with van der Waals surface area (Å²) in [6, 6.07) is 10.4. The molecular weight excluding hydrogens is 228 g/mol. The molecule has 0 aliphatic heterocycles. The summed E-state index contributed by atoms with van der Waals surface area (Å²) in [5, 5.41) is 1.14. The van der Waals surface area contributed by atoms with Gasteiger partial charge in [-0.25, -0.2) is 4.98 Å². The van der Waals surface area contributed by atoms with Crippen LogP contribution in [0.4, 0.5) is 0 Å². The van der Waals surface area contributed by atoms with Gasteiger partial charge in [-0.15, -0.1) is 11.3 Å². The molecule has 0 aliphatic carbocycles. The van der Waals surface area contributed by atoms with Gasteiger partial charge in [0.05, 0.1) is 10.7 Å². The van der Waals surface area contributed by atoms with Gasteiger partial charge in [0.1, 0.15) is 0 Å². The minimum absolute atomic E-state index is 0.295. The summed E-state index contributed by atoms with van der Waals surface area (Å²) >= 11 is 1.73. The van der Waals surface area contributed by atoms with Gasteiger partial charge in [0.15, 0.2) is 0 Å². The van der Waals surface area contributed by atoms with E-state index in [1.165, 1.54) is 10.4 Å². The number of hydrogen-bond donors (Lipinski definition) is 1. The van der Waals surface area contributed by atoms with E-state index >= 15 is 0 Å². The van der Waals surface area contributed by atoms with Crippen molar-refractivity contribution in [3.05, 3.63) is 51.5 Å². The topological polar surface area (TPSA) is 38.9 Å². The zero-order valence-electron chi connectivity index (χ0n) is 10.5. The lowest BCUT2D eigenvalue weighted by atomic mass is 10.0. The van der Waals surface area contributed by atoms with E-state index in [-0.39, 0.29) is 5.54 Å². The van der Waals surface area contributed by atoms with Crippen LogP contribution >= 0.6 is 11.3 Å². The highest BCUT2D eigenvalue weighted by molar-refractivity contribution is 7.11. The molecule has 0 atom stereocenters. The summed E-state index contributed by atoms with van der Waals surface area (Å²) in [5.74, 6) is 0. The number of benzene rings is 1. The molecule has 0 saturated heterocycles. The highest BCUT2D eigenvalue weighted by atomic mass is 32.1. The minimum atomic E-state index is -0.295. The van der Waals surface area contributed by atoms with Gasteiger partial charge in [0.25, 0.3) is 0 Å². The molecule has 90 valence electrons. The molecule has 3 heteroatoms. The Kier molecular flexibility index (Phi) is 3.31. The third-order valence-electron chi connectivity index (χ3n) is 2.62. The van der Waals surface area contributed by atoms with E-state index in [0.29, 0.717) is 0 Å². The molecule has 2 aromatic rings. The maximum Gasteiger partial charge on any atom is 0.0975 e. The van der Waals surface area contributed by atoms with Crippen molar-refractivity contribution in [2.45, 2.75) is 32.7 Å². The maximum atomic E-state index is 6.13. The van der Waals surface area contributed by atoms with E-state index < -0.39 is 0 Å². The molecule has 2 nitrogen and oxygen atoms in total. The predicted octanol–water partition coefficient (Wildman–Crippen LogP) is 3.24. The van der Waals surface area contributed by atoms with Gasteiger partial charge in [0.2, 0.25) is 0 Å². The van der Waals surface area contributed by atoms with Crippen LogP contribution in [0.3, 0.4) is 0 Å². The first kappa shape index (κ1) is 12.3. The van der Waals surface area contributed by atoms with Crippen LogP contribution in [0.15, 0.2) is 30.3 Å². The van der Waals surface area contributed by atoms with Crippen molar-refractivity contribution in [2.75, 3.05) is 0 Å². The minimum Gasteiger partial charge on any atom is -0.321 e. The first-order valence-electron chi connectivity index (χ1n) is 5.76. The average Bonchev–Trinajstić information content (AvgIpc) is 2.60. The molecule has 1 aromatic heterocycles. The van der Waals surface area contributed by atoms with Crippen molar-refractivity contribution in [2.24, 2.45) is 5.73 Å². The summed E-state index contributed by atoms with van der Waals surface area (Å²) < 4.78 is 0. The molecule has 0 unspecified atom stereocenters. The van der Waals surface area contributed by atoms with Gasteiger partial charge in [-0.2, -0.15) is 0 Å². The van der Waals surface area contributed by atoms with Crippen LogP contribution in [0.2, 0.25) is 0 Å². The fourth-order valence-corrected chi connectivity index (χ4v) is 3.01. The number of aromatic nitrogens is 1. The van der Waals surface area contributed by atoms with Crippen molar-refractivity contribution in [3.8, 4) is 0 Å². The molecule has 0 spiro atoms. The molecule has 0 saturated carbocycles. The van der Waals surface area contributed by atoms with Crippen molar-refractivity contribution in [3.63, 3.8) is 0 Å². The van der Waals surface area contributed by atoms with Gasteiger partial charge in [-0.1, -0.05) is 30.3 Å². The molecule has 0 bridgehead atoms. The van der Waals surface area contributed by atoms with E-state index in [1.54, 1.807) is 11.3 Å². The molecule has 17 heavy (non-hydrogen) atoms. The lowest BCUT2D eigenvalue weighted by Gasteiger charge is -2.16. The largest absolute Gasteiger partial charge is 0.321 e. The second-order valence-corrected chi connectivity index (χ2v) is 5.99. The standard InChI is InChI=1S/C14H18N2S/c1-10-13(14(2,3)15)17-12(16-10)9-11-7-5-4-6-8-11/h4-8H,9,15H2,1-3H3. The summed E-state index contributed by atoms with van der Waals surface area (Å²) in [4.78, 5) is 5.79. The molecular formula is C14H18N2S. The van der Waals surface area contributed by atoms with E-state index in [2.05, 4.69) is 29.2 Å². The fourth-order valence-electron chi connectivity index (χ4n) is 1.90. The summed E-state index contributed by atoms with van der Waals surface area (Å²) in [6.07, 6.45) is 0.891. The number of nitrogens with two attached hydrogens (primary N) is 1. The van der Waals surface area contributed by atoms with Crippen LogP contribution < -0.4 is 5.73 Å². The number of aryl methyl sites for hydroxylation is 1. The molecule has 0 aliphatic rings. The Morgan fingerprint density at radius 2 is 1.88 bits per heavy atom. The molecule has 0 radical (unpaired) electrons. The highest BCUT2D eigenvalue weighted by Gasteiger charge is 2.21. The van der Waals surface area contributed by atoms with Crippen molar-refractivity contribution >= 4 is 11.3 Å².